The molecule has 0 saturated carbocycles. The van der Waals surface area contributed by atoms with E-state index in [9.17, 15) is 0 Å². The van der Waals surface area contributed by atoms with Crippen molar-refractivity contribution < 1.29 is 0 Å². The summed E-state index contributed by atoms with van der Waals surface area (Å²) in [4.78, 5) is 6.80. The van der Waals surface area contributed by atoms with E-state index in [0.29, 0.717) is 5.96 Å². The molecule has 2 unspecified atom stereocenters. The Kier molecular flexibility index (Phi) is 7.09. The zero-order chi connectivity index (χ0) is 13.4. The first-order valence-corrected chi connectivity index (χ1v) is 7.38. The maximum atomic E-state index is 5.75. The molecule has 0 aromatic carbocycles. The molecule has 0 amide bonds. The van der Waals surface area contributed by atoms with Crippen molar-refractivity contribution in [3.05, 3.63) is 0 Å². The Bertz CT molecular complexity index is 242. The first-order chi connectivity index (χ1) is 8.61. The molecule has 3 N–H and O–H groups in total. The minimum atomic E-state index is 0.595. The summed E-state index contributed by atoms with van der Waals surface area (Å²) in [6.45, 7) is 12.2. The number of guanidine groups is 1. The van der Waals surface area contributed by atoms with Gasteiger partial charge in [-0.2, -0.15) is 0 Å². The van der Waals surface area contributed by atoms with Crippen molar-refractivity contribution >= 4 is 5.96 Å². The predicted molar refractivity (Wildman–Crippen MR) is 78.8 cm³/mol. The fraction of sp³-hybridized carbons (Fsp3) is 0.929. The third kappa shape index (κ3) is 6.24. The van der Waals surface area contributed by atoms with E-state index in [-0.39, 0.29) is 0 Å². The zero-order valence-electron chi connectivity index (χ0n) is 12.3. The van der Waals surface area contributed by atoms with Gasteiger partial charge in [-0.05, 0) is 37.6 Å². The van der Waals surface area contributed by atoms with E-state index < -0.39 is 0 Å². The summed E-state index contributed by atoms with van der Waals surface area (Å²) in [6, 6.07) is 0. The molecule has 1 heterocycles. The fourth-order valence-corrected chi connectivity index (χ4v) is 2.78. The highest BCUT2D eigenvalue weighted by molar-refractivity contribution is 5.77. The number of nitrogens with two attached hydrogens (primary N) is 1. The summed E-state index contributed by atoms with van der Waals surface area (Å²) in [5.74, 6) is 2.29. The third-order valence-corrected chi connectivity index (χ3v) is 3.41. The van der Waals surface area contributed by atoms with Crippen LogP contribution in [-0.2, 0) is 0 Å². The number of hydrogen-bond acceptors (Lipinski definition) is 2. The number of likely N-dealkylation sites (tertiary alicyclic amines) is 1. The normalized spacial score (nSPS) is 26.3. The molecule has 0 bridgehead atoms. The van der Waals surface area contributed by atoms with Crippen LogP contribution in [-0.4, -0.2) is 43.6 Å². The highest BCUT2D eigenvalue weighted by atomic mass is 15.1. The van der Waals surface area contributed by atoms with Gasteiger partial charge in [-0.3, -0.25) is 4.99 Å². The SMILES string of the molecule is CCCN=C(N)NCCCN1CC(C)CC(C)C1. The van der Waals surface area contributed by atoms with Crippen LogP contribution in [0.2, 0.25) is 0 Å². The van der Waals surface area contributed by atoms with E-state index in [2.05, 4.69) is 36.0 Å². The number of nitrogens with one attached hydrogen (secondary N) is 1. The van der Waals surface area contributed by atoms with Gasteiger partial charge in [0.25, 0.3) is 0 Å². The number of nitrogens with zero attached hydrogens (tertiary/aromatic N) is 2. The molecule has 0 aliphatic carbocycles. The third-order valence-electron chi connectivity index (χ3n) is 3.41. The number of aliphatic imine (C=N–C) groups is 1. The summed E-state index contributed by atoms with van der Waals surface area (Å²) in [5.41, 5.74) is 5.75. The van der Waals surface area contributed by atoms with Crippen LogP contribution in [0, 0.1) is 11.8 Å². The highest BCUT2D eigenvalue weighted by Crippen LogP contribution is 2.20. The summed E-state index contributed by atoms with van der Waals surface area (Å²) in [7, 11) is 0. The van der Waals surface area contributed by atoms with Gasteiger partial charge in [0.15, 0.2) is 5.96 Å². The minimum absolute atomic E-state index is 0.595. The summed E-state index contributed by atoms with van der Waals surface area (Å²) >= 11 is 0. The topological polar surface area (TPSA) is 53.6 Å². The van der Waals surface area contributed by atoms with E-state index in [1.807, 2.05) is 0 Å². The Morgan fingerprint density at radius 3 is 2.61 bits per heavy atom. The van der Waals surface area contributed by atoms with Crippen molar-refractivity contribution in [2.24, 2.45) is 22.6 Å². The second-order valence-electron chi connectivity index (χ2n) is 5.75. The van der Waals surface area contributed by atoms with Crippen LogP contribution in [0.4, 0.5) is 0 Å². The molecule has 4 nitrogen and oxygen atoms in total. The molecule has 0 aromatic heterocycles. The van der Waals surface area contributed by atoms with Crippen molar-refractivity contribution in [2.75, 3.05) is 32.7 Å². The lowest BCUT2D eigenvalue weighted by Gasteiger charge is -2.34. The second kappa shape index (κ2) is 8.35. The Balaban J connectivity index is 2.10. The molecule has 0 aromatic rings. The second-order valence-corrected chi connectivity index (χ2v) is 5.75. The Morgan fingerprint density at radius 1 is 1.33 bits per heavy atom. The first kappa shape index (κ1) is 15.3. The van der Waals surface area contributed by atoms with Crippen LogP contribution in [0.3, 0.4) is 0 Å². The van der Waals surface area contributed by atoms with Gasteiger partial charge >= 0.3 is 0 Å². The Morgan fingerprint density at radius 2 is 2.00 bits per heavy atom. The standard InChI is InChI=1S/C14H30N4/c1-4-6-16-14(15)17-7-5-8-18-10-12(2)9-13(3)11-18/h12-13H,4-11H2,1-3H3,(H3,15,16,17). The molecule has 0 spiro atoms. The van der Waals surface area contributed by atoms with Crippen LogP contribution in [0.1, 0.15) is 40.0 Å². The van der Waals surface area contributed by atoms with Crippen molar-refractivity contribution in [3.8, 4) is 0 Å². The lowest BCUT2D eigenvalue weighted by Crippen LogP contribution is -2.40. The lowest BCUT2D eigenvalue weighted by atomic mass is 9.92. The molecule has 1 aliphatic rings. The number of rotatable bonds is 6. The van der Waals surface area contributed by atoms with E-state index in [4.69, 9.17) is 5.73 Å². The van der Waals surface area contributed by atoms with Crippen LogP contribution >= 0.6 is 0 Å². The van der Waals surface area contributed by atoms with Gasteiger partial charge in [-0.15, -0.1) is 0 Å². The monoisotopic (exact) mass is 254 g/mol. The molecule has 1 rings (SSSR count). The van der Waals surface area contributed by atoms with E-state index in [1.54, 1.807) is 0 Å². The quantitative estimate of drug-likeness (QED) is 0.431. The van der Waals surface area contributed by atoms with E-state index in [1.165, 1.54) is 26.1 Å². The van der Waals surface area contributed by atoms with Crippen LogP contribution < -0.4 is 11.1 Å². The molecule has 18 heavy (non-hydrogen) atoms. The highest BCUT2D eigenvalue weighted by Gasteiger charge is 2.20. The Hall–Kier alpha value is -0.770. The van der Waals surface area contributed by atoms with Crippen molar-refractivity contribution in [3.63, 3.8) is 0 Å². The van der Waals surface area contributed by atoms with Crippen molar-refractivity contribution in [1.29, 1.82) is 0 Å². The largest absolute Gasteiger partial charge is 0.370 e. The maximum absolute atomic E-state index is 5.75. The summed E-state index contributed by atoms with van der Waals surface area (Å²) in [5, 5.41) is 3.18. The van der Waals surface area contributed by atoms with Gasteiger partial charge in [-0.25, -0.2) is 0 Å². The van der Waals surface area contributed by atoms with Crippen LogP contribution in [0.25, 0.3) is 0 Å². The molecule has 0 radical (unpaired) electrons. The summed E-state index contributed by atoms with van der Waals surface area (Å²) in [6.07, 6.45) is 3.57. The minimum Gasteiger partial charge on any atom is -0.370 e. The molecule has 4 heteroatoms. The molecular weight excluding hydrogens is 224 g/mol. The predicted octanol–water partition coefficient (Wildman–Crippen LogP) is 1.67. The van der Waals surface area contributed by atoms with Gasteiger partial charge in [0, 0.05) is 26.2 Å². The van der Waals surface area contributed by atoms with Crippen molar-refractivity contribution in [2.45, 2.75) is 40.0 Å². The maximum Gasteiger partial charge on any atom is 0.188 e. The average Bonchev–Trinajstić information content (AvgIpc) is 2.31. The molecule has 1 aliphatic heterocycles. The summed E-state index contributed by atoms with van der Waals surface area (Å²) < 4.78 is 0. The smallest absolute Gasteiger partial charge is 0.188 e. The zero-order valence-corrected chi connectivity index (χ0v) is 12.3. The van der Waals surface area contributed by atoms with Crippen LogP contribution in [0.15, 0.2) is 4.99 Å². The molecule has 106 valence electrons. The molecule has 1 fully saturated rings. The lowest BCUT2D eigenvalue weighted by molar-refractivity contribution is 0.140. The number of piperidine rings is 1. The molecular formula is C14H30N4. The van der Waals surface area contributed by atoms with Gasteiger partial charge in [0.2, 0.25) is 0 Å². The molecule has 2 atom stereocenters. The first-order valence-electron chi connectivity index (χ1n) is 7.38. The van der Waals surface area contributed by atoms with Crippen LogP contribution in [0.5, 0.6) is 0 Å². The van der Waals surface area contributed by atoms with Gasteiger partial charge in [0.1, 0.15) is 0 Å². The molecule has 1 saturated heterocycles. The fourth-order valence-electron chi connectivity index (χ4n) is 2.78. The Labute approximate surface area is 112 Å². The van der Waals surface area contributed by atoms with E-state index >= 15 is 0 Å². The van der Waals surface area contributed by atoms with Gasteiger partial charge in [-0.1, -0.05) is 20.8 Å². The number of hydrogen-bond donors (Lipinski definition) is 2. The van der Waals surface area contributed by atoms with Crippen molar-refractivity contribution in [1.82, 2.24) is 10.2 Å². The van der Waals surface area contributed by atoms with E-state index in [0.717, 1.165) is 37.8 Å². The van der Waals surface area contributed by atoms with Gasteiger partial charge in [0.05, 0.1) is 0 Å². The average molecular weight is 254 g/mol. The van der Waals surface area contributed by atoms with Gasteiger partial charge < -0.3 is 16.0 Å².